The van der Waals surface area contributed by atoms with E-state index in [2.05, 4.69) is 101 Å². The molecule has 0 amide bonds. The van der Waals surface area contributed by atoms with Crippen LogP contribution in [0, 0.1) is 0 Å². The first-order valence-corrected chi connectivity index (χ1v) is 40.2. The quantitative estimate of drug-likeness (QED) is 0.0169. The number of phosphoric acid groups is 2. The van der Waals surface area contributed by atoms with Crippen LogP contribution in [0.25, 0.3) is 0 Å². The van der Waals surface area contributed by atoms with Gasteiger partial charge in [-0.05, 0) is 109 Å². The van der Waals surface area contributed by atoms with Crippen molar-refractivity contribution >= 4 is 39.5 Å². The molecule has 0 aromatic carbocycles. The van der Waals surface area contributed by atoms with E-state index in [9.17, 15) is 43.2 Å². The molecule has 0 saturated carbocycles. The summed E-state index contributed by atoms with van der Waals surface area (Å²) in [6.07, 6.45) is 66.2. The van der Waals surface area contributed by atoms with Crippen LogP contribution in [0.2, 0.25) is 0 Å². The maximum absolute atomic E-state index is 13.0. The zero-order valence-electron chi connectivity index (χ0n) is 59.4. The maximum Gasteiger partial charge on any atom is 0.472 e. The van der Waals surface area contributed by atoms with Crippen molar-refractivity contribution in [1.29, 1.82) is 0 Å². The first-order valence-electron chi connectivity index (χ1n) is 37.2. The standard InChI is InChI=1S/C75H134O17P2/c1-5-9-13-17-21-25-29-31-33-34-36-38-42-44-48-52-56-60-73(78)86-66-71(92-75(80)62-58-54-50-46-40-28-24-20-16-12-8-4)68-90-94(83,84)88-64-69(76)63-87-93(81,82)89-67-70(91-74(79)61-57-53-49-45-39-27-23-19-15-11-7-3)65-85-72(77)59-55-51-47-43-41-37-35-32-30-26-22-18-14-10-6-2/h9,13,19,21,23,25,31-33,35-36,38,69-71,76H,5-8,10-12,14-18,20,22,24,26-30,34,37,39-68H2,1-4H3,(H,81,82)(H,83,84)/b13-9-,23-19-,25-21-,33-31-,35-32-,38-36-. The first-order chi connectivity index (χ1) is 45.7. The van der Waals surface area contributed by atoms with Gasteiger partial charge in [-0.3, -0.25) is 37.3 Å². The molecule has 0 aliphatic heterocycles. The van der Waals surface area contributed by atoms with Crippen molar-refractivity contribution in [1.82, 2.24) is 0 Å². The Hall–Kier alpha value is -3.50. The van der Waals surface area contributed by atoms with Gasteiger partial charge in [-0.15, -0.1) is 0 Å². The monoisotopic (exact) mass is 1370 g/mol. The van der Waals surface area contributed by atoms with E-state index in [1.165, 1.54) is 89.9 Å². The molecule has 546 valence electrons. The summed E-state index contributed by atoms with van der Waals surface area (Å²) in [7, 11) is -9.94. The van der Waals surface area contributed by atoms with Gasteiger partial charge in [0.2, 0.25) is 0 Å². The Morgan fingerprint density at radius 1 is 0.309 bits per heavy atom. The van der Waals surface area contributed by atoms with Crippen molar-refractivity contribution in [3.8, 4) is 0 Å². The molecule has 94 heavy (non-hydrogen) atoms. The maximum atomic E-state index is 13.0. The molecule has 0 aromatic rings. The predicted molar refractivity (Wildman–Crippen MR) is 381 cm³/mol. The minimum Gasteiger partial charge on any atom is -0.462 e. The number of hydrogen-bond acceptors (Lipinski definition) is 15. The zero-order chi connectivity index (χ0) is 69.0. The molecule has 0 rings (SSSR count). The lowest BCUT2D eigenvalue weighted by molar-refractivity contribution is -0.161. The second-order valence-corrected chi connectivity index (χ2v) is 27.8. The van der Waals surface area contributed by atoms with Gasteiger partial charge in [0, 0.05) is 25.7 Å². The minimum absolute atomic E-state index is 0.0855. The van der Waals surface area contributed by atoms with Gasteiger partial charge in [-0.2, -0.15) is 0 Å². The molecular weight excluding hydrogens is 1230 g/mol. The number of esters is 4. The van der Waals surface area contributed by atoms with Crippen LogP contribution in [-0.2, 0) is 65.4 Å². The number of aliphatic hydroxyl groups excluding tert-OH is 1. The van der Waals surface area contributed by atoms with E-state index in [-0.39, 0.29) is 25.7 Å². The van der Waals surface area contributed by atoms with E-state index in [0.717, 1.165) is 154 Å². The Morgan fingerprint density at radius 2 is 0.564 bits per heavy atom. The lowest BCUT2D eigenvalue weighted by Gasteiger charge is -2.21. The fourth-order valence-corrected chi connectivity index (χ4v) is 11.5. The van der Waals surface area contributed by atoms with Gasteiger partial charge in [-0.25, -0.2) is 9.13 Å². The van der Waals surface area contributed by atoms with Crippen LogP contribution in [0.4, 0.5) is 0 Å². The molecule has 0 aliphatic rings. The number of aliphatic hydroxyl groups is 1. The van der Waals surface area contributed by atoms with Gasteiger partial charge in [0.15, 0.2) is 12.2 Å². The van der Waals surface area contributed by atoms with Crippen LogP contribution in [0.3, 0.4) is 0 Å². The third-order valence-electron chi connectivity index (χ3n) is 15.7. The van der Waals surface area contributed by atoms with E-state index in [1.54, 1.807) is 0 Å². The molecule has 19 heteroatoms. The summed E-state index contributed by atoms with van der Waals surface area (Å²) >= 11 is 0. The number of rotatable bonds is 70. The summed E-state index contributed by atoms with van der Waals surface area (Å²) in [5.74, 6) is -2.20. The van der Waals surface area contributed by atoms with Crippen LogP contribution in [0.1, 0.15) is 323 Å². The second-order valence-electron chi connectivity index (χ2n) is 24.9. The second kappa shape index (κ2) is 68.0. The van der Waals surface area contributed by atoms with E-state index >= 15 is 0 Å². The first kappa shape index (κ1) is 90.5. The smallest absolute Gasteiger partial charge is 0.462 e. The molecule has 0 aromatic heterocycles. The minimum atomic E-state index is -4.97. The van der Waals surface area contributed by atoms with Gasteiger partial charge in [-0.1, -0.05) is 261 Å². The fourth-order valence-electron chi connectivity index (χ4n) is 9.95. The van der Waals surface area contributed by atoms with Crippen molar-refractivity contribution in [3.63, 3.8) is 0 Å². The van der Waals surface area contributed by atoms with Crippen molar-refractivity contribution in [2.75, 3.05) is 39.6 Å². The Morgan fingerprint density at radius 3 is 0.894 bits per heavy atom. The largest absolute Gasteiger partial charge is 0.472 e. The third-order valence-corrected chi connectivity index (χ3v) is 17.6. The van der Waals surface area contributed by atoms with Gasteiger partial charge in [0.25, 0.3) is 0 Å². The Kier molecular flexibility index (Phi) is 65.5. The van der Waals surface area contributed by atoms with Crippen LogP contribution < -0.4 is 0 Å². The van der Waals surface area contributed by atoms with E-state index < -0.39 is 97.5 Å². The molecule has 0 bridgehead atoms. The molecular formula is C75H134O17P2. The molecule has 17 nitrogen and oxygen atoms in total. The van der Waals surface area contributed by atoms with Gasteiger partial charge in [0.05, 0.1) is 26.4 Å². The molecule has 0 radical (unpaired) electrons. The molecule has 5 atom stereocenters. The van der Waals surface area contributed by atoms with E-state index in [1.807, 2.05) is 0 Å². The van der Waals surface area contributed by atoms with Crippen LogP contribution in [-0.4, -0.2) is 96.7 Å². The molecule has 3 N–H and O–H groups in total. The summed E-state index contributed by atoms with van der Waals surface area (Å²) in [6.45, 7) is 4.69. The van der Waals surface area contributed by atoms with E-state index in [0.29, 0.717) is 25.7 Å². The topological polar surface area (TPSA) is 237 Å². The summed E-state index contributed by atoms with van der Waals surface area (Å²) < 4.78 is 68.3. The van der Waals surface area contributed by atoms with Crippen LogP contribution in [0.15, 0.2) is 72.9 Å². The van der Waals surface area contributed by atoms with Crippen molar-refractivity contribution in [3.05, 3.63) is 72.9 Å². The average Bonchev–Trinajstić information content (AvgIpc) is 1.32. The molecule has 0 aliphatic carbocycles. The number of phosphoric ester groups is 2. The molecule has 0 fully saturated rings. The number of carbonyl (C=O) groups excluding carboxylic acids is 4. The van der Waals surface area contributed by atoms with Gasteiger partial charge >= 0.3 is 39.5 Å². The highest BCUT2D eigenvalue weighted by molar-refractivity contribution is 7.47. The molecule has 0 heterocycles. The zero-order valence-corrected chi connectivity index (χ0v) is 61.2. The number of unbranched alkanes of at least 4 members (excludes halogenated alkanes) is 32. The Labute approximate surface area is 571 Å². The summed E-state index contributed by atoms with van der Waals surface area (Å²) in [6, 6.07) is 0. The highest BCUT2D eigenvalue weighted by Crippen LogP contribution is 2.45. The van der Waals surface area contributed by atoms with Crippen molar-refractivity contribution in [2.24, 2.45) is 0 Å². The van der Waals surface area contributed by atoms with Crippen LogP contribution >= 0.6 is 15.6 Å². The molecule has 0 spiro atoms. The average molecular weight is 1370 g/mol. The van der Waals surface area contributed by atoms with Crippen molar-refractivity contribution < 1.29 is 80.2 Å². The lowest BCUT2D eigenvalue weighted by Crippen LogP contribution is -2.30. The molecule has 0 saturated heterocycles. The van der Waals surface area contributed by atoms with Crippen LogP contribution in [0.5, 0.6) is 0 Å². The van der Waals surface area contributed by atoms with Crippen molar-refractivity contribution in [2.45, 2.75) is 341 Å². The lowest BCUT2D eigenvalue weighted by atomic mass is 10.1. The number of carbonyl (C=O) groups is 4. The molecule has 5 unspecified atom stereocenters. The summed E-state index contributed by atoms with van der Waals surface area (Å²) in [5, 5.41) is 10.6. The van der Waals surface area contributed by atoms with E-state index in [4.69, 9.17) is 37.0 Å². The third kappa shape index (κ3) is 67.1. The van der Waals surface area contributed by atoms with Gasteiger partial charge in [0.1, 0.15) is 19.3 Å². The number of hydrogen-bond donors (Lipinski definition) is 3. The fraction of sp³-hybridized carbons (Fsp3) is 0.787. The SMILES string of the molecule is CC/C=C\C/C=C\C/C=C\C/C=C\CCCCCCC(=O)OCC(COP(=O)(O)OCC(O)COP(=O)(O)OCC(COC(=O)CCCCCCC/C=C\CCCCCCCC)OC(=O)CCCCCCC/C=C\CCCC)OC(=O)CCCCCCCCCCCCC. The Bertz CT molecular complexity index is 2070. The summed E-state index contributed by atoms with van der Waals surface area (Å²) in [4.78, 5) is 72.6. The highest BCUT2D eigenvalue weighted by atomic mass is 31.2. The number of allylic oxidation sites excluding steroid dienone is 12. The number of ether oxygens (including phenoxy) is 4. The normalized spacial score (nSPS) is 14.4. The predicted octanol–water partition coefficient (Wildman–Crippen LogP) is 20.9. The van der Waals surface area contributed by atoms with Gasteiger partial charge < -0.3 is 33.8 Å². The highest BCUT2D eigenvalue weighted by Gasteiger charge is 2.30. The summed E-state index contributed by atoms with van der Waals surface area (Å²) in [5.41, 5.74) is 0. The Balaban J connectivity index is 5.30.